The van der Waals surface area contributed by atoms with Crippen LogP contribution in [0.3, 0.4) is 0 Å². The lowest BCUT2D eigenvalue weighted by molar-refractivity contribution is 0.0734. The number of carbonyl (C=O) groups is 1. The van der Waals surface area contributed by atoms with Crippen molar-refractivity contribution in [2.45, 2.75) is 39.3 Å². The Hall–Kier alpha value is -0.720. The van der Waals surface area contributed by atoms with Crippen molar-refractivity contribution in [3.05, 3.63) is 17.0 Å². The number of fused-ring (bicyclic) bond motifs is 1. The molecule has 1 atom stereocenters. The third kappa shape index (κ3) is 4.37. The normalized spacial score (nSPS) is 15.0. The Labute approximate surface area is 137 Å². The zero-order valence-electron chi connectivity index (χ0n) is 12.9. The summed E-state index contributed by atoms with van der Waals surface area (Å²) in [6, 6.07) is 0.241. The molecule has 1 unspecified atom stereocenters. The summed E-state index contributed by atoms with van der Waals surface area (Å²) >= 11 is 1.92. The van der Waals surface area contributed by atoms with Crippen molar-refractivity contribution in [3.8, 4) is 0 Å². The highest BCUT2D eigenvalue weighted by atomic mass is 35.5. The molecule has 2 heterocycles. The van der Waals surface area contributed by atoms with Crippen LogP contribution in [0.4, 0.5) is 0 Å². The summed E-state index contributed by atoms with van der Waals surface area (Å²) in [5, 5.41) is 10.5. The third-order valence-electron chi connectivity index (χ3n) is 3.87. The summed E-state index contributed by atoms with van der Waals surface area (Å²) in [4.78, 5) is 14.4. The summed E-state index contributed by atoms with van der Waals surface area (Å²) in [6.07, 6.45) is 1.94. The second-order valence-electron chi connectivity index (χ2n) is 5.21. The first kappa shape index (κ1) is 18.3. The molecular formula is C14H25ClN4OS. The largest absolute Gasteiger partial charge is 0.338 e. The van der Waals surface area contributed by atoms with E-state index in [1.807, 2.05) is 23.7 Å². The Morgan fingerprint density at radius 1 is 1.52 bits per heavy atom. The number of H-pyrrole nitrogens is 1. The number of rotatable bonds is 6. The van der Waals surface area contributed by atoms with Gasteiger partial charge in [-0.1, -0.05) is 6.92 Å². The third-order valence-corrected chi connectivity index (χ3v) is 4.81. The number of halogens is 1. The highest BCUT2D eigenvalue weighted by Crippen LogP contribution is 2.18. The summed E-state index contributed by atoms with van der Waals surface area (Å²) in [5.74, 6) is 2.25. The van der Waals surface area contributed by atoms with Gasteiger partial charge in [-0.05, 0) is 24.9 Å². The van der Waals surface area contributed by atoms with Gasteiger partial charge in [0.2, 0.25) is 0 Å². The van der Waals surface area contributed by atoms with Gasteiger partial charge in [0.15, 0.2) is 5.69 Å². The Kier molecular flexibility index (Phi) is 7.56. The summed E-state index contributed by atoms with van der Waals surface area (Å²) < 4.78 is 0. The van der Waals surface area contributed by atoms with E-state index in [2.05, 4.69) is 29.4 Å². The molecule has 0 aromatic carbocycles. The lowest BCUT2D eigenvalue weighted by Crippen LogP contribution is -2.36. The highest BCUT2D eigenvalue weighted by Gasteiger charge is 2.25. The van der Waals surface area contributed by atoms with Crippen molar-refractivity contribution in [2.75, 3.05) is 25.1 Å². The number of hydrogen-bond acceptors (Lipinski definition) is 4. The molecule has 120 valence electrons. The molecule has 1 aromatic heterocycles. The Bertz CT molecular complexity index is 466. The van der Waals surface area contributed by atoms with Crippen LogP contribution in [-0.2, 0) is 13.0 Å². The van der Waals surface area contributed by atoms with Crippen LogP contribution >= 0.6 is 24.2 Å². The summed E-state index contributed by atoms with van der Waals surface area (Å²) in [6.45, 7) is 5.95. The van der Waals surface area contributed by atoms with Crippen LogP contribution in [0.15, 0.2) is 0 Å². The highest BCUT2D eigenvalue weighted by molar-refractivity contribution is 7.99. The fourth-order valence-corrected chi connectivity index (χ4v) is 3.16. The van der Waals surface area contributed by atoms with Crippen LogP contribution in [0.2, 0.25) is 0 Å². The number of nitrogens with zero attached hydrogens (tertiary/aromatic N) is 2. The number of hydrogen-bond donors (Lipinski definition) is 2. The van der Waals surface area contributed by atoms with Crippen LogP contribution in [0.5, 0.6) is 0 Å². The van der Waals surface area contributed by atoms with Crippen LogP contribution in [0.25, 0.3) is 0 Å². The van der Waals surface area contributed by atoms with Gasteiger partial charge in [-0.15, -0.1) is 12.4 Å². The van der Waals surface area contributed by atoms with Crippen LogP contribution in [-0.4, -0.2) is 52.1 Å². The SMILES string of the molecule is CCSCCC(C)N(C)C(=O)c1n[nH]c2c1CNCC2.Cl. The van der Waals surface area contributed by atoms with Crippen molar-refractivity contribution in [1.82, 2.24) is 20.4 Å². The topological polar surface area (TPSA) is 61.0 Å². The van der Waals surface area contributed by atoms with Crippen molar-refractivity contribution >= 4 is 30.1 Å². The lowest BCUT2D eigenvalue weighted by atomic mass is 10.1. The Balaban J connectivity index is 0.00000220. The minimum absolute atomic E-state index is 0. The van der Waals surface area contributed by atoms with Gasteiger partial charge < -0.3 is 10.2 Å². The van der Waals surface area contributed by atoms with Crippen molar-refractivity contribution in [1.29, 1.82) is 0 Å². The average molecular weight is 333 g/mol. The quantitative estimate of drug-likeness (QED) is 0.783. The van der Waals surface area contributed by atoms with E-state index in [4.69, 9.17) is 0 Å². The standard InChI is InChI=1S/C14H24N4OS.ClH/c1-4-20-8-6-10(2)18(3)14(19)13-11-9-15-7-5-12(11)16-17-13;/h10,15H,4-9H2,1-3H3,(H,16,17);1H. The van der Waals surface area contributed by atoms with Gasteiger partial charge in [0.1, 0.15) is 0 Å². The maximum Gasteiger partial charge on any atom is 0.274 e. The maximum absolute atomic E-state index is 12.6. The van der Waals surface area contributed by atoms with Crippen molar-refractivity contribution in [3.63, 3.8) is 0 Å². The molecule has 0 fully saturated rings. The molecule has 21 heavy (non-hydrogen) atoms. The van der Waals surface area contributed by atoms with Gasteiger partial charge in [0.05, 0.1) is 0 Å². The Morgan fingerprint density at radius 3 is 3.00 bits per heavy atom. The average Bonchev–Trinajstić information content (AvgIpc) is 2.89. The second kappa shape index (κ2) is 8.66. The molecule has 1 aliphatic heterocycles. The fraction of sp³-hybridized carbons (Fsp3) is 0.714. The number of carbonyl (C=O) groups excluding carboxylic acids is 1. The molecule has 2 rings (SSSR count). The fourth-order valence-electron chi connectivity index (χ4n) is 2.36. The molecular weight excluding hydrogens is 308 g/mol. The first-order chi connectivity index (χ1) is 9.65. The first-order valence-electron chi connectivity index (χ1n) is 7.26. The number of thioether (sulfide) groups is 1. The van der Waals surface area contributed by atoms with Crippen LogP contribution in [0, 0.1) is 0 Å². The number of aromatic nitrogens is 2. The molecule has 7 heteroatoms. The number of amides is 1. The Morgan fingerprint density at radius 2 is 2.29 bits per heavy atom. The molecule has 0 saturated carbocycles. The van der Waals surface area contributed by atoms with E-state index in [9.17, 15) is 4.79 Å². The molecule has 0 saturated heterocycles. The molecule has 1 aromatic rings. The molecule has 0 spiro atoms. The minimum Gasteiger partial charge on any atom is -0.338 e. The predicted octanol–water partition coefficient (Wildman–Crippen LogP) is 2.08. The van der Waals surface area contributed by atoms with Gasteiger partial charge in [0, 0.05) is 43.9 Å². The maximum atomic E-state index is 12.6. The molecule has 5 nitrogen and oxygen atoms in total. The predicted molar refractivity (Wildman–Crippen MR) is 90.4 cm³/mol. The van der Waals surface area contributed by atoms with Gasteiger partial charge in [-0.2, -0.15) is 16.9 Å². The zero-order valence-corrected chi connectivity index (χ0v) is 14.6. The molecule has 2 N–H and O–H groups in total. The number of nitrogens with one attached hydrogen (secondary N) is 2. The summed E-state index contributed by atoms with van der Waals surface area (Å²) in [5.41, 5.74) is 2.74. The van der Waals surface area contributed by atoms with Crippen LogP contribution in [0.1, 0.15) is 42.0 Å². The number of aromatic amines is 1. The van der Waals surface area contributed by atoms with E-state index in [0.29, 0.717) is 5.69 Å². The lowest BCUT2D eigenvalue weighted by Gasteiger charge is -2.25. The van der Waals surface area contributed by atoms with E-state index in [1.165, 1.54) is 0 Å². The second-order valence-corrected chi connectivity index (χ2v) is 6.60. The van der Waals surface area contributed by atoms with E-state index in [0.717, 1.165) is 48.7 Å². The van der Waals surface area contributed by atoms with E-state index >= 15 is 0 Å². The van der Waals surface area contributed by atoms with E-state index < -0.39 is 0 Å². The van der Waals surface area contributed by atoms with Gasteiger partial charge in [-0.3, -0.25) is 9.89 Å². The first-order valence-corrected chi connectivity index (χ1v) is 8.42. The monoisotopic (exact) mass is 332 g/mol. The van der Waals surface area contributed by atoms with E-state index in [-0.39, 0.29) is 24.4 Å². The molecule has 0 bridgehead atoms. The molecule has 1 amide bonds. The van der Waals surface area contributed by atoms with Crippen LogP contribution < -0.4 is 5.32 Å². The molecule has 1 aliphatic rings. The zero-order chi connectivity index (χ0) is 14.5. The smallest absolute Gasteiger partial charge is 0.274 e. The van der Waals surface area contributed by atoms with Crippen molar-refractivity contribution in [2.24, 2.45) is 0 Å². The minimum atomic E-state index is 0. The van der Waals surface area contributed by atoms with Gasteiger partial charge in [-0.25, -0.2) is 0 Å². The van der Waals surface area contributed by atoms with E-state index in [1.54, 1.807) is 0 Å². The summed E-state index contributed by atoms with van der Waals surface area (Å²) in [7, 11) is 1.88. The molecule has 0 radical (unpaired) electrons. The van der Waals surface area contributed by atoms with Gasteiger partial charge >= 0.3 is 0 Å². The van der Waals surface area contributed by atoms with Gasteiger partial charge in [0.25, 0.3) is 5.91 Å². The van der Waals surface area contributed by atoms with Crippen molar-refractivity contribution < 1.29 is 4.79 Å². The molecule has 0 aliphatic carbocycles.